The molecule has 0 unspecified atom stereocenters. The zero-order valence-electron chi connectivity index (χ0n) is 19.8. The molecule has 2 heteroatoms. The number of rotatable bonds is 4. The summed E-state index contributed by atoms with van der Waals surface area (Å²) in [5.41, 5.74) is 13.3. The van der Waals surface area contributed by atoms with Crippen LogP contribution < -0.4 is 4.57 Å². The lowest BCUT2D eigenvalue weighted by atomic mass is 10.0. The number of imidazole rings is 1. The molecule has 0 radical (unpaired) electrons. The Bertz CT molecular complexity index is 1440. The topological polar surface area (TPSA) is 8.81 Å². The first-order valence-corrected chi connectivity index (χ1v) is 12.0. The molecule has 33 heavy (non-hydrogen) atoms. The van der Waals surface area contributed by atoms with Crippen LogP contribution in [0.25, 0.3) is 44.7 Å². The number of hydrogen-bond acceptors (Lipinski definition) is 0. The fourth-order valence-corrected chi connectivity index (χ4v) is 5.75. The summed E-state index contributed by atoms with van der Waals surface area (Å²) in [7, 11) is 0. The molecule has 1 heterocycles. The average molecular weight is 430 g/mol. The summed E-state index contributed by atoms with van der Waals surface area (Å²) in [6, 6.07) is 26.8. The van der Waals surface area contributed by atoms with Gasteiger partial charge in [0.15, 0.2) is 11.4 Å². The zero-order valence-corrected chi connectivity index (χ0v) is 19.8. The van der Waals surface area contributed by atoms with Crippen molar-refractivity contribution in [2.45, 2.75) is 40.5 Å². The number of hydrogen-bond donors (Lipinski definition) is 0. The van der Waals surface area contributed by atoms with Gasteiger partial charge in [-0.15, -0.1) is 0 Å². The number of aryl methyl sites for hydroxylation is 4. The van der Waals surface area contributed by atoms with Crippen molar-refractivity contribution in [1.82, 2.24) is 4.57 Å². The molecule has 4 aromatic carbocycles. The van der Waals surface area contributed by atoms with Crippen LogP contribution in [0.5, 0.6) is 0 Å². The minimum atomic E-state index is 1.01. The Kier molecular flexibility index (Phi) is 4.51. The van der Waals surface area contributed by atoms with Crippen LogP contribution in [0.2, 0.25) is 0 Å². The van der Waals surface area contributed by atoms with Gasteiger partial charge in [-0.3, -0.25) is 0 Å². The molecule has 1 aromatic heterocycles. The number of para-hydroxylation sites is 2. The maximum absolute atomic E-state index is 2.46. The fraction of sp³-hybridized carbons (Fsp3) is 0.194. The highest BCUT2D eigenvalue weighted by atomic mass is 15.2. The molecule has 0 amide bonds. The quantitative estimate of drug-likeness (QED) is 0.260. The normalized spacial score (nSPS) is 11.9. The Labute approximate surface area is 195 Å². The van der Waals surface area contributed by atoms with Gasteiger partial charge in [-0.2, -0.15) is 9.13 Å². The lowest BCUT2D eigenvalue weighted by Gasteiger charge is -2.11. The summed E-state index contributed by atoms with van der Waals surface area (Å²) in [6.07, 6.45) is 4.35. The van der Waals surface area contributed by atoms with Crippen molar-refractivity contribution in [2.24, 2.45) is 0 Å². The maximum atomic E-state index is 2.46. The van der Waals surface area contributed by atoms with Gasteiger partial charge in [0.25, 0.3) is 6.33 Å². The second kappa shape index (κ2) is 7.45. The molecular weight excluding hydrogens is 400 g/mol. The van der Waals surface area contributed by atoms with Crippen molar-refractivity contribution >= 4 is 10.8 Å². The van der Waals surface area contributed by atoms with E-state index in [4.69, 9.17) is 0 Å². The summed E-state index contributed by atoms with van der Waals surface area (Å²) in [6.45, 7) is 8.97. The zero-order chi connectivity index (χ0) is 22.7. The Morgan fingerprint density at radius 1 is 0.697 bits per heavy atom. The summed E-state index contributed by atoms with van der Waals surface area (Å²) >= 11 is 0. The molecular formula is C31H29N2+. The van der Waals surface area contributed by atoms with Crippen molar-refractivity contribution < 1.29 is 4.57 Å². The SMILES string of the molecule is CCc1cccc(C)c1-n1c[n+](-c2c(C)cccc2CC)c2c1-c1cccc3cccc-2c13. The molecule has 162 valence electrons. The number of nitrogens with zero attached hydrogens (tertiary/aromatic N) is 2. The predicted octanol–water partition coefficient (Wildman–Crippen LogP) is 7.30. The monoisotopic (exact) mass is 429 g/mol. The van der Waals surface area contributed by atoms with Crippen molar-refractivity contribution in [2.75, 3.05) is 0 Å². The third kappa shape index (κ3) is 2.77. The van der Waals surface area contributed by atoms with Gasteiger partial charge in [-0.25, -0.2) is 0 Å². The van der Waals surface area contributed by atoms with Crippen LogP contribution in [0.15, 0.2) is 79.1 Å². The van der Waals surface area contributed by atoms with Crippen molar-refractivity contribution in [3.8, 4) is 33.9 Å². The van der Waals surface area contributed by atoms with Crippen LogP contribution in [-0.4, -0.2) is 4.57 Å². The van der Waals surface area contributed by atoms with Crippen LogP contribution in [0.4, 0.5) is 0 Å². The van der Waals surface area contributed by atoms with E-state index in [0.717, 1.165) is 12.8 Å². The van der Waals surface area contributed by atoms with Gasteiger partial charge in [-0.05, 0) is 66.5 Å². The molecule has 0 aliphatic heterocycles. The first-order chi connectivity index (χ1) is 16.1. The molecule has 1 aliphatic rings. The standard InChI is InChI=1S/C31H29N2/c1-5-22-13-7-11-20(3)28(22)32-19-33(29-21(4)12-8-14-23(29)6-2)31-26-18-10-16-24-15-9-17-25(27(24)26)30(31)32/h7-19H,5-6H2,1-4H3/q+1. The largest absolute Gasteiger partial charge is 0.255 e. The van der Waals surface area contributed by atoms with Gasteiger partial charge < -0.3 is 0 Å². The first kappa shape index (κ1) is 20.0. The molecule has 0 spiro atoms. The number of benzene rings is 4. The van der Waals surface area contributed by atoms with Crippen LogP contribution in [0, 0.1) is 13.8 Å². The molecule has 0 saturated heterocycles. The summed E-state index contributed by atoms with van der Waals surface area (Å²) in [5.74, 6) is 0. The molecule has 2 nitrogen and oxygen atoms in total. The van der Waals surface area contributed by atoms with E-state index in [1.165, 1.54) is 66.9 Å². The van der Waals surface area contributed by atoms with Gasteiger partial charge in [0.05, 0.1) is 0 Å². The first-order valence-electron chi connectivity index (χ1n) is 12.0. The molecule has 0 atom stereocenters. The van der Waals surface area contributed by atoms with Gasteiger partial charge in [0.1, 0.15) is 11.4 Å². The smallest absolute Gasteiger partial charge is 0.193 e. The molecule has 5 aromatic rings. The highest BCUT2D eigenvalue weighted by Gasteiger charge is 2.37. The predicted molar refractivity (Wildman–Crippen MR) is 137 cm³/mol. The van der Waals surface area contributed by atoms with E-state index < -0.39 is 0 Å². The Hall–Kier alpha value is -3.65. The van der Waals surface area contributed by atoms with Crippen molar-refractivity contribution in [3.63, 3.8) is 0 Å². The van der Waals surface area contributed by atoms with E-state index in [1.54, 1.807) is 0 Å². The van der Waals surface area contributed by atoms with E-state index >= 15 is 0 Å². The second-order valence-electron chi connectivity index (χ2n) is 9.13. The molecule has 0 fully saturated rings. The highest BCUT2D eigenvalue weighted by Crippen LogP contribution is 2.47. The summed E-state index contributed by atoms with van der Waals surface area (Å²) in [5, 5.41) is 2.67. The maximum Gasteiger partial charge on any atom is 0.255 e. The van der Waals surface area contributed by atoms with Gasteiger partial charge in [0.2, 0.25) is 0 Å². The lowest BCUT2D eigenvalue weighted by molar-refractivity contribution is -0.584. The number of fused-ring (bicyclic) bond motifs is 3. The average Bonchev–Trinajstić information content (AvgIpc) is 3.37. The Balaban J connectivity index is 1.80. The molecule has 0 saturated carbocycles. The molecule has 1 aliphatic carbocycles. The van der Waals surface area contributed by atoms with E-state index in [0.29, 0.717) is 0 Å². The van der Waals surface area contributed by atoms with Gasteiger partial charge in [0, 0.05) is 16.5 Å². The van der Waals surface area contributed by atoms with E-state index in [2.05, 4.69) is 116 Å². The number of aromatic nitrogens is 2. The van der Waals surface area contributed by atoms with E-state index in [1.807, 2.05) is 0 Å². The Morgan fingerprint density at radius 2 is 1.33 bits per heavy atom. The third-order valence-electron chi connectivity index (χ3n) is 7.24. The van der Waals surface area contributed by atoms with Gasteiger partial charge in [-0.1, -0.05) is 74.5 Å². The molecule has 0 bridgehead atoms. The van der Waals surface area contributed by atoms with Crippen molar-refractivity contribution in [1.29, 1.82) is 0 Å². The lowest BCUT2D eigenvalue weighted by Crippen LogP contribution is -2.33. The fourth-order valence-electron chi connectivity index (χ4n) is 5.75. The summed E-state index contributed by atoms with van der Waals surface area (Å²) < 4.78 is 4.92. The van der Waals surface area contributed by atoms with Crippen LogP contribution in [0.3, 0.4) is 0 Å². The highest BCUT2D eigenvalue weighted by molar-refractivity contribution is 6.13. The summed E-state index contributed by atoms with van der Waals surface area (Å²) in [4.78, 5) is 0. The van der Waals surface area contributed by atoms with Crippen LogP contribution in [0.1, 0.15) is 36.1 Å². The third-order valence-corrected chi connectivity index (χ3v) is 7.24. The molecule has 6 rings (SSSR count). The second-order valence-corrected chi connectivity index (χ2v) is 9.13. The van der Waals surface area contributed by atoms with Crippen LogP contribution in [-0.2, 0) is 12.8 Å². The minimum Gasteiger partial charge on any atom is -0.193 e. The van der Waals surface area contributed by atoms with Gasteiger partial charge >= 0.3 is 0 Å². The molecule has 0 N–H and O–H groups in total. The Morgan fingerprint density at radius 3 is 2.06 bits per heavy atom. The van der Waals surface area contributed by atoms with E-state index in [9.17, 15) is 0 Å². The van der Waals surface area contributed by atoms with Crippen molar-refractivity contribution in [3.05, 3.63) is 101 Å². The minimum absolute atomic E-state index is 1.01. The van der Waals surface area contributed by atoms with Crippen LogP contribution >= 0.6 is 0 Å². The van der Waals surface area contributed by atoms with E-state index in [-0.39, 0.29) is 0 Å².